The fraction of sp³-hybridized carbons (Fsp3) is 0.280. The highest BCUT2D eigenvalue weighted by atomic mass is 32.2. The fourth-order valence-corrected chi connectivity index (χ4v) is 4.12. The number of benzene rings is 2. The number of hydrogen-bond acceptors (Lipinski definition) is 5. The Morgan fingerprint density at radius 3 is 2.67 bits per heavy atom. The van der Waals surface area contributed by atoms with Crippen molar-refractivity contribution in [3.8, 4) is 0 Å². The van der Waals surface area contributed by atoms with Crippen LogP contribution < -0.4 is 10.6 Å². The summed E-state index contributed by atoms with van der Waals surface area (Å²) in [5, 5.41) is 15.0. The Bertz CT molecular complexity index is 1100. The molecule has 0 aliphatic carbocycles. The van der Waals surface area contributed by atoms with Gasteiger partial charge in [-0.05, 0) is 38.0 Å². The van der Waals surface area contributed by atoms with Gasteiger partial charge in [0.2, 0.25) is 5.91 Å². The first-order valence-electron chi connectivity index (χ1n) is 10.8. The van der Waals surface area contributed by atoms with Crippen LogP contribution >= 0.6 is 11.8 Å². The molecule has 2 N–H and O–H groups in total. The maximum Gasteiger partial charge on any atom is 0.251 e. The summed E-state index contributed by atoms with van der Waals surface area (Å²) in [6, 6.07) is 17.1. The summed E-state index contributed by atoms with van der Waals surface area (Å²) < 4.78 is 1.87. The van der Waals surface area contributed by atoms with Crippen LogP contribution in [0.2, 0.25) is 0 Å². The lowest BCUT2D eigenvalue weighted by molar-refractivity contribution is -0.118. The van der Waals surface area contributed by atoms with Crippen LogP contribution in [0.3, 0.4) is 0 Å². The maximum atomic E-state index is 12.6. The van der Waals surface area contributed by atoms with Crippen LogP contribution in [0, 0.1) is 6.92 Å². The molecule has 3 aromatic rings. The molecule has 0 saturated heterocycles. The molecule has 1 heterocycles. The van der Waals surface area contributed by atoms with Gasteiger partial charge >= 0.3 is 0 Å². The van der Waals surface area contributed by atoms with E-state index in [1.807, 2.05) is 66.9 Å². The van der Waals surface area contributed by atoms with Gasteiger partial charge in [0, 0.05) is 18.7 Å². The van der Waals surface area contributed by atoms with Crippen LogP contribution in [-0.4, -0.2) is 38.9 Å². The van der Waals surface area contributed by atoms with Crippen LogP contribution in [0.4, 0.5) is 0 Å². The molecule has 1 atom stereocenters. The van der Waals surface area contributed by atoms with Gasteiger partial charge in [-0.25, -0.2) is 0 Å². The van der Waals surface area contributed by atoms with Crippen molar-refractivity contribution >= 4 is 23.6 Å². The van der Waals surface area contributed by atoms with Crippen molar-refractivity contribution < 1.29 is 9.59 Å². The van der Waals surface area contributed by atoms with Gasteiger partial charge in [0.25, 0.3) is 5.91 Å². The second kappa shape index (κ2) is 12.0. The van der Waals surface area contributed by atoms with Gasteiger partial charge in [-0.1, -0.05) is 65.9 Å². The molecule has 172 valence electrons. The molecule has 33 heavy (non-hydrogen) atoms. The Balaban J connectivity index is 1.57. The molecule has 0 spiro atoms. The molecule has 1 aromatic heterocycles. The fourth-order valence-electron chi connectivity index (χ4n) is 3.33. The number of carbonyl (C=O) groups is 2. The number of nitrogens with one attached hydrogen (secondary N) is 2. The van der Waals surface area contributed by atoms with E-state index in [4.69, 9.17) is 0 Å². The van der Waals surface area contributed by atoms with Gasteiger partial charge in [-0.3, -0.25) is 9.59 Å². The summed E-state index contributed by atoms with van der Waals surface area (Å²) in [4.78, 5) is 24.9. The van der Waals surface area contributed by atoms with E-state index in [1.54, 1.807) is 12.1 Å². The van der Waals surface area contributed by atoms with Crippen molar-refractivity contribution in [3.63, 3.8) is 0 Å². The monoisotopic (exact) mass is 463 g/mol. The number of nitrogens with zero attached hydrogens (tertiary/aromatic N) is 3. The number of aromatic nitrogens is 3. The first kappa shape index (κ1) is 24.3. The molecule has 0 aliphatic rings. The zero-order chi connectivity index (χ0) is 23.6. The average molecular weight is 464 g/mol. The van der Waals surface area contributed by atoms with Gasteiger partial charge < -0.3 is 15.2 Å². The van der Waals surface area contributed by atoms with Gasteiger partial charge in [-0.15, -0.1) is 16.8 Å². The Morgan fingerprint density at radius 2 is 1.94 bits per heavy atom. The molecule has 2 aromatic carbocycles. The molecule has 3 rings (SSSR count). The number of carbonyl (C=O) groups excluding carboxylic acids is 2. The van der Waals surface area contributed by atoms with Gasteiger partial charge in [-0.2, -0.15) is 0 Å². The van der Waals surface area contributed by atoms with Crippen molar-refractivity contribution in [2.24, 2.45) is 0 Å². The van der Waals surface area contributed by atoms with E-state index in [1.165, 1.54) is 17.3 Å². The number of aryl methyl sites for hydroxylation is 1. The molecule has 0 fully saturated rings. The van der Waals surface area contributed by atoms with Gasteiger partial charge in [0.15, 0.2) is 11.0 Å². The van der Waals surface area contributed by atoms with Crippen molar-refractivity contribution in [1.29, 1.82) is 0 Å². The lowest BCUT2D eigenvalue weighted by Crippen LogP contribution is -2.29. The first-order valence-corrected chi connectivity index (χ1v) is 11.8. The average Bonchev–Trinajstić information content (AvgIpc) is 3.21. The van der Waals surface area contributed by atoms with E-state index >= 15 is 0 Å². The minimum atomic E-state index is -0.362. The molecule has 0 aliphatic heterocycles. The zero-order valence-corrected chi connectivity index (χ0v) is 19.8. The summed E-state index contributed by atoms with van der Waals surface area (Å²) in [7, 11) is 0. The topological polar surface area (TPSA) is 88.9 Å². The minimum absolute atomic E-state index is 0.0635. The van der Waals surface area contributed by atoms with E-state index in [0.29, 0.717) is 29.6 Å². The lowest BCUT2D eigenvalue weighted by Gasteiger charge is -2.15. The molecule has 0 saturated carbocycles. The molecule has 7 nitrogen and oxygen atoms in total. The van der Waals surface area contributed by atoms with Crippen LogP contribution in [0.25, 0.3) is 0 Å². The number of thioether (sulfide) groups is 1. The van der Waals surface area contributed by atoms with Crippen LogP contribution in [-0.2, 0) is 17.8 Å². The second-order valence-corrected chi connectivity index (χ2v) is 8.62. The summed E-state index contributed by atoms with van der Waals surface area (Å²) in [5.41, 5.74) is 2.80. The molecule has 2 amide bonds. The van der Waals surface area contributed by atoms with Crippen molar-refractivity contribution in [2.75, 3.05) is 12.3 Å². The SMILES string of the molecule is C=CCn1c(SCC(=O)NCCc2ccccc2)nnc1[C@H](C)NC(=O)c1cccc(C)c1. The predicted octanol–water partition coefficient (Wildman–Crippen LogP) is 3.71. The highest BCUT2D eigenvalue weighted by Gasteiger charge is 2.20. The highest BCUT2D eigenvalue weighted by Crippen LogP contribution is 2.21. The van der Waals surface area contributed by atoms with E-state index in [2.05, 4.69) is 27.4 Å². The summed E-state index contributed by atoms with van der Waals surface area (Å²) in [6.07, 6.45) is 2.53. The van der Waals surface area contributed by atoms with Crippen LogP contribution in [0.15, 0.2) is 72.4 Å². The third kappa shape index (κ3) is 7.05. The summed E-state index contributed by atoms with van der Waals surface area (Å²) in [5.74, 6) is 0.606. The smallest absolute Gasteiger partial charge is 0.251 e. The third-order valence-electron chi connectivity index (χ3n) is 4.98. The number of hydrogen-bond donors (Lipinski definition) is 2. The van der Waals surface area contributed by atoms with Crippen molar-refractivity contribution in [3.05, 3.63) is 89.8 Å². The minimum Gasteiger partial charge on any atom is -0.355 e. The largest absolute Gasteiger partial charge is 0.355 e. The summed E-state index contributed by atoms with van der Waals surface area (Å²) >= 11 is 1.31. The Morgan fingerprint density at radius 1 is 1.15 bits per heavy atom. The van der Waals surface area contributed by atoms with Gasteiger partial charge in [0.05, 0.1) is 11.8 Å². The molecular formula is C25H29N5O2S. The van der Waals surface area contributed by atoms with Crippen molar-refractivity contribution in [1.82, 2.24) is 25.4 Å². The quantitative estimate of drug-likeness (QED) is 0.334. The number of rotatable bonds is 11. The second-order valence-electron chi connectivity index (χ2n) is 7.68. The van der Waals surface area contributed by atoms with Crippen molar-refractivity contribution in [2.45, 2.75) is 38.0 Å². The van der Waals surface area contributed by atoms with E-state index in [9.17, 15) is 9.59 Å². The van der Waals surface area contributed by atoms with Gasteiger partial charge in [0.1, 0.15) is 0 Å². The first-order chi connectivity index (χ1) is 16.0. The molecule has 0 unspecified atom stereocenters. The Labute approximate surface area is 198 Å². The standard InChI is InChI=1S/C25H29N5O2S/c1-4-15-30-23(19(3)27-24(32)21-12-8-9-18(2)16-21)28-29-25(30)33-17-22(31)26-14-13-20-10-6-5-7-11-20/h4-12,16,19H,1,13-15,17H2,2-3H3,(H,26,31)(H,27,32)/t19-/m0/s1. The molecule has 0 bridgehead atoms. The number of allylic oxidation sites excluding steroid dienone is 1. The molecular weight excluding hydrogens is 434 g/mol. The normalized spacial score (nSPS) is 11.6. The maximum absolute atomic E-state index is 12.6. The summed E-state index contributed by atoms with van der Waals surface area (Å²) in [6.45, 7) is 8.67. The lowest BCUT2D eigenvalue weighted by atomic mass is 10.1. The van der Waals surface area contributed by atoms with Crippen LogP contribution in [0.1, 0.15) is 40.3 Å². The predicted molar refractivity (Wildman–Crippen MR) is 131 cm³/mol. The van der Waals surface area contributed by atoms with Crippen LogP contribution in [0.5, 0.6) is 0 Å². The zero-order valence-electron chi connectivity index (χ0n) is 19.0. The Hall–Kier alpha value is -3.39. The molecule has 0 radical (unpaired) electrons. The van der Waals surface area contributed by atoms with E-state index in [-0.39, 0.29) is 23.6 Å². The molecule has 8 heteroatoms. The van der Waals surface area contributed by atoms with E-state index < -0.39 is 0 Å². The van der Waals surface area contributed by atoms with E-state index in [0.717, 1.165) is 12.0 Å². The highest BCUT2D eigenvalue weighted by molar-refractivity contribution is 7.99. The third-order valence-corrected chi connectivity index (χ3v) is 5.95. The Kier molecular flexibility index (Phi) is 8.83. The number of amides is 2.